The lowest BCUT2D eigenvalue weighted by molar-refractivity contribution is 0.0369. The zero-order valence-corrected chi connectivity index (χ0v) is 14.1. The molecule has 5 nitrogen and oxygen atoms in total. The standard InChI is InChI=1S/C17H24ClN3O2/c18-14-4-5-16-15(13-14)19-17(3-1-10-22)21(16)7-2-6-20-8-11-23-12-9-20/h4-5,13,22H,1-3,6-12H2. The van der Waals surface area contributed by atoms with Crippen LogP contribution in [0.5, 0.6) is 0 Å². The van der Waals surface area contributed by atoms with Gasteiger partial charge in [0.2, 0.25) is 0 Å². The summed E-state index contributed by atoms with van der Waals surface area (Å²) in [5, 5.41) is 9.82. The number of aromatic nitrogens is 2. The number of halogens is 1. The van der Waals surface area contributed by atoms with E-state index in [0.29, 0.717) is 5.02 Å². The summed E-state index contributed by atoms with van der Waals surface area (Å²) < 4.78 is 7.67. The lowest BCUT2D eigenvalue weighted by atomic mass is 10.3. The van der Waals surface area contributed by atoms with E-state index in [0.717, 1.165) is 75.5 Å². The van der Waals surface area contributed by atoms with Gasteiger partial charge in [-0.2, -0.15) is 0 Å². The van der Waals surface area contributed by atoms with E-state index >= 15 is 0 Å². The molecule has 0 bridgehead atoms. The lowest BCUT2D eigenvalue weighted by Gasteiger charge is -2.26. The molecular weight excluding hydrogens is 314 g/mol. The van der Waals surface area contributed by atoms with Gasteiger partial charge in [0.05, 0.1) is 24.2 Å². The molecule has 126 valence electrons. The number of hydrogen-bond acceptors (Lipinski definition) is 4. The van der Waals surface area contributed by atoms with E-state index in [1.807, 2.05) is 18.2 Å². The molecule has 0 aliphatic carbocycles. The Morgan fingerprint density at radius 1 is 1.17 bits per heavy atom. The SMILES string of the molecule is OCCCc1nc2cc(Cl)ccc2n1CCCN1CCOCC1. The Hall–Kier alpha value is -1.14. The van der Waals surface area contributed by atoms with Crippen LogP contribution >= 0.6 is 11.6 Å². The van der Waals surface area contributed by atoms with Crippen molar-refractivity contribution >= 4 is 22.6 Å². The Bertz CT molecular complexity index is 638. The maximum atomic E-state index is 9.11. The molecule has 1 aromatic heterocycles. The summed E-state index contributed by atoms with van der Waals surface area (Å²) in [5.74, 6) is 1.04. The summed E-state index contributed by atoms with van der Waals surface area (Å²) in [6.45, 7) is 5.95. The molecule has 1 aliphatic heterocycles. The number of morpholine rings is 1. The third-order valence-electron chi connectivity index (χ3n) is 4.31. The van der Waals surface area contributed by atoms with Gasteiger partial charge in [0.25, 0.3) is 0 Å². The average Bonchev–Trinajstić information content (AvgIpc) is 2.90. The van der Waals surface area contributed by atoms with Crippen molar-refractivity contribution in [1.29, 1.82) is 0 Å². The molecule has 2 aromatic rings. The van der Waals surface area contributed by atoms with E-state index in [-0.39, 0.29) is 6.61 Å². The van der Waals surface area contributed by atoms with E-state index in [1.54, 1.807) is 0 Å². The summed E-state index contributed by atoms with van der Waals surface area (Å²) in [7, 11) is 0. The minimum Gasteiger partial charge on any atom is -0.396 e. The minimum atomic E-state index is 0.192. The Balaban J connectivity index is 1.71. The van der Waals surface area contributed by atoms with Crippen molar-refractivity contribution in [1.82, 2.24) is 14.5 Å². The van der Waals surface area contributed by atoms with Gasteiger partial charge >= 0.3 is 0 Å². The summed E-state index contributed by atoms with van der Waals surface area (Å²) in [4.78, 5) is 7.16. The highest BCUT2D eigenvalue weighted by Crippen LogP contribution is 2.22. The monoisotopic (exact) mass is 337 g/mol. The zero-order chi connectivity index (χ0) is 16.1. The molecule has 0 atom stereocenters. The second-order valence-corrected chi connectivity index (χ2v) is 6.38. The van der Waals surface area contributed by atoms with Crippen molar-refractivity contribution in [2.75, 3.05) is 39.5 Å². The maximum Gasteiger partial charge on any atom is 0.109 e. The molecule has 0 spiro atoms. The van der Waals surface area contributed by atoms with E-state index < -0.39 is 0 Å². The van der Waals surface area contributed by atoms with E-state index in [1.165, 1.54) is 0 Å². The number of imidazole rings is 1. The van der Waals surface area contributed by atoms with Gasteiger partial charge in [0, 0.05) is 44.2 Å². The number of fused-ring (bicyclic) bond motifs is 1. The predicted octanol–water partition coefficient (Wildman–Crippen LogP) is 2.34. The van der Waals surface area contributed by atoms with Crippen LogP contribution in [-0.2, 0) is 17.7 Å². The summed E-state index contributed by atoms with van der Waals surface area (Å²) in [6, 6.07) is 5.87. The molecule has 0 radical (unpaired) electrons. The Morgan fingerprint density at radius 2 is 2.00 bits per heavy atom. The Morgan fingerprint density at radius 3 is 2.78 bits per heavy atom. The van der Waals surface area contributed by atoms with Crippen LogP contribution in [0.1, 0.15) is 18.7 Å². The van der Waals surface area contributed by atoms with Gasteiger partial charge in [-0.3, -0.25) is 4.90 Å². The second kappa shape index (κ2) is 8.11. The third-order valence-corrected chi connectivity index (χ3v) is 4.54. The highest BCUT2D eigenvalue weighted by Gasteiger charge is 2.13. The minimum absolute atomic E-state index is 0.192. The highest BCUT2D eigenvalue weighted by molar-refractivity contribution is 6.31. The van der Waals surface area contributed by atoms with Gasteiger partial charge in [-0.1, -0.05) is 11.6 Å². The van der Waals surface area contributed by atoms with Crippen LogP contribution in [0.2, 0.25) is 5.02 Å². The number of aliphatic hydroxyl groups is 1. The number of aryl methyl sites for hydroxylation is 2. The fourth-order valence-corrected chi connectivity index (χ4v) is 3.27. The van der Waals surface area contributed by atoms with Crippen molar-refractivity contribution < 1.29 is 9.84 Å². The molecule has 1 fully saturated rings. The lowest BCUT2D eigenvalue weighted by Crippen LogP contribution is -2.37. The summed E-state index contributed by atoms with van der Waals surface area (Å²) in [6.07, 6.45) is 2.61. The second-order valence-electron chi connectivity index (χ2n) is 5.95. The molecule has 0 unspecified atom stereocenters. The predicted molar refractivity (Wildman–Crippen MR) is 92.0 cm³/mol. The van der Waals surface area contributed by atoms with Crippen molar-refractivity contribution in [2.45, 2.75) is 25.8 Å². The zero-order valence-electron chi connectivity index (χ0n) is 13.4. The van der Waals surface area contributed by atoms with Crippen LogP contribution in [0.3, 0.4) is 0 Å². The third kappa shape index (κ3) is 4.23. The van der Waals surface area contributed by atoms with Gasteiger partial charge in [0.1, 0.15) is 5.82 Å². The van der Waals surface area contributed by atoms with Gasteiger partial charge in [-0.05, 0) is 31.0 Å². The quantitative estimate of drug-likeness (QED) is 0.842. The Kier molecular flexibility index (Phi) is 5.89. The van der Waals surface area contributed by atoms with E-state index in [2.05, 4.69) is 9.47 Å². The maximum absolute atomic E-state index is 9.11. The fraction of sp³-hybridized carbons (Fsp3) is 0.588. The van der Waals surface area contributed by atoms with Gasteiger partial charge in [0.15, 0.2) is 0 Å². The molecule has 3 rings (SSSR count). The van der Waals surface area contributed by atoms with Gasteiger partial charge in [-0.15, -0.1) is 0 Å². The number of aliphatic hydroxyl groups excluding tert-OH is 1. The first-order chi connectivity index (χ1) is 11.3. The average molecular weight is 338 g/mol. The molecule has 0 saturated carbocycles. The fourth-order valence-electron chi connectivity index (χ4n) is 3.11. The molecule has 1 saturated heterocycles. The largest absolute Gasteiger partial charge is 0.396 e. The van der Waals surface area contributed by atoms with Crippen LogP contribution in [0.15, 0.2) is 18.2 Å². The molecular formula is C17H24ClN3O2. The summed E-state index contributed by atoms with van der Waals surface area (Å²) in [5.41, 5.74) is 2.07. The van der Waals surface area contributed by atoms with Crippen molar-refractivity contribution in [3.63, 3.8) is 0 Å². The topological polar surface area (TPSA) is 50.5 Å². The highest BCUT2D eigenvalue weighted by atomic mass is 35.5. The van der Waals surface area contributed by atoms with E-state index in [9.17, 15) is 0 Å². The van der Waals surface area contributed by atoms with Crippen LogP contribution in [0.25, 0.3) is 11.0 Å². The first-order valence-corrected chi connectivity index (χ1v) is 8.71. The smallest absolute Gasteiger partial charge is 0.109 e. The summed E-state index contributed by atoms with van der Waals surface area (Å²) >= 11 is 6.08. The van der Waals surface area contributed by atoms with Crippen molar-refractivity contribution in [2.24, 2.45) is 0 Å². The van der Waals surface area contributed by atoms with Crippen LogP contribution in [-0.4, -0.2) is 59.0 Å². The first-order valence-electron chi connectivity index (χ1n) is 8.33. The number of ether oxygens (including phenoxy) is 1. The molecule has 1 aliphatic rings. The molecule has 1 N–H and O–H groups in total. The molecule has 0 amide bonds. The van der Waals surface area contributed by atoms with Crippen LogP contribution in [0, 0.1) is 0 Å². The molecule has 23 heavy (non-hydrogen) atoms. The Labute approximate surface area is 141 Å². The molecule has 2 heterocycles. The number of benzene rings is 1. The number of nitrogens with zero attached hydrogens (tertiary/aromatic N) is 3. The first kappa shape index (κ1) is 16.7. The van der Waals surface area contributed by atoms with Crippen LogP contribution < -0.4 is 0 Å². The van der Waals surface area contributed by atoms with E-state index in [4.69, 9.17) is 26.4 Å². The molecule has 1 aromatic carbocycles. The van der Waals surface area contributed by atoms with Gasteiger partial charge < -0.3 is 14.4 Å². The molecule has 6 heteroatoms. The number of hydrogen-bond donors (Lipinski definition) is 1. The van der Waals surface area contributed by atoms with Gasteiger partial charge in [-0.25, -0.2) is 4.98 Å². The number of rotatable bonds is 7. The van der Waals surface area contributed by atoms with Crippen molar-refractivity contribution in [3.8, 4) is 0 Å². The van der Waals surface area contributed by atoms with Crippen LogP contribution in [0.4, 0.5) is 0 Å². The van der Waals surface area contributed by atoms with Crippen molar-refractivity contribution in [3.05, 3.63) is 29.0 Å². The normalized spacial score (nSPS) is 16.3.